The minimum atomic E-state index is -0.544. The first-order valence-electron chi connectivity index (χ1n) is 6.48. The molecule has 0 saturated carbocycles. The number of hydrogen-bond donors (Lipinski definition) is 1. The zero-order valence-corrected chi connectivity index (χ0v) is 12.2. The summed E-state index contributed by atoms with van der Waals surface area (Å²) in [7, 11) is 0. The number of nitro groups is 1. The number of nitro benzene ring substituents is 1. The van der Waals surface area contributed by atoms with Gasteiger partial charge in [0.1, 0.15) is 12.4 Å². The van der Waals surface area contributed by atoms with Gasteiger partial charge in [-0.1, -0.05) is 29.8 Å². The van der Waals surface area contributed by atoms with Crippen molar-refractivity contribution in [2.45, 2.75) is 0 Å². The summed E-state index contributed by atoms with van der Waals surface area (Å²) in [5.41, 5.74) is 0.104. The van der Waals surface area contributed by atoms with Gasteiger partial charge < -0.3 is 10.1 Å². The lowest BCUT2D eigenvalue weighted by atomic mass is 10.2. The van der Waals surface area contributed by atoms with Gasteiger partial charge in [-0.25, -0.2) is 0 Å². The molecule has 6 nitrogen and oxygen atoms in total. The highest BCUT2D eigenvalue weighted by molar-refractivity contribution is 6.32. The van der Waals surface area contributed by atoms with E-state index in [1.54, 1.807) is 24.3 Å². The lowest BCUT2D eigenvalue weighted by molar-refractivity contribution is -0.384. The fraction of sp³-hybridized carbons (Fsp3) is 0.133. The Morgan fingerprint density at radius 3 is 2.73 bits per heavy atom. The number of ether oxygens (including phenoxy) is 1. The van der Waals surface area contributed by atoms with E-state index in [1.165, 1.54) is 24.3 Å². The molecule has 0 heterocycles. The van der Waals surface area contributed by atoms with Gasteiger partial charge in [-0.05, 0) is 18.2 Å². The highest BCUT2D eigenvalue weighted by Crippen LogP contribution is 2.22. The number of carbonyl (C=O) groups excluding carboxylic acids is 1. The fourth-order valence-electron chi connectivity index (χ4n) is 1.75. The molecule has 2 aromatic carbocycles. The molecular weight excluding hydrogens is 308 g/mol. The zero-order chi connectivity index (χ0) is 15.9. The van der Waals surface area contributed by atoms with E-state index in [4.69, 9.17) is 16.3 Å². The molecule has 1 amide bonds. The fourth-order valence-corrected chi connectivity index (χ4v) is 1.94. The Balaban J connectivity index is 1.84. The van der Waals surface area contributed by atoms with Crippen molar-refractivity contribution in [1.29, 1.82) is 0 Å². The summed E-state index contributed by atoms with van der Waals surface area (Å²) in [6.07, 6.45) is 0. The van der Waals surface area contributed by atoms with Gasteiger partial charge in [-0.3, -0.25) is 14.9 Å². The average molecular weight is 321 g/mol. The minimum Gasteiger partial charge on any atom is -0.490 e. The predicted molar refractivity (Wildman–Crippen MR) is 82.4 cm³/mol. The van der Waals surface area contributed by atoms with Gasteiger partial charge in [0, 0.05) is 17.7 Å². The molecule has 0 fully saturated rings. The van der Waals surface area contributed by atoms with Crippen LogP contribution in [0.15, 0.2) is 48.5 Å². The van der Waals surface area contributed by atoms with Gasteiger partial charge in [0.15, 0.2) is 0 Å². The minimum absolute atomic E-state index is 0.125. The quantitative estimate of drug-likeness (QED) is 0.504. The maximum atomic E-state index is 11.9. The van der Waals surface area contributed by atoms with E-state index in [-0.39, 0.29) is 24.4 Å². The van der Waals surface area contributed by atoms with Crippen LogP contribution in [0.2, 0.25) is 5.02 Å². The van der Waals surface area contributed by atoms with Crippen LogP contribution < -0.4 is 10.1 Å². The molecule has 2 rings (SSSR count). The van der Waals surface area contributed by atoms with E-state index in [0.717, 1.165) is 0 Å². The first-order chi connectivity index (χ1) is 10.6. The van der Waals surface area contributed by atoms with Crippen molar-refractivity contribution in [2.75, 3.05) is 13.2 Å². The Morgan fingerprint density at radius 1 is 1.23 bits per heavy atom. The summed E-state index contributed by atoms with van der Waals surface area (Å²) >= 11 is 5.93. The Morgan fingerprint density at radius 2 is 2.00 bits per heavy atom. The van der Waals surface area contributed by atoms with Gasteiger partial charge in [-0.2, -0.15) is 0 Å². The maximum Gasteiger partial charge on any atom is 0.270 e. The molecule has 0 aliphatic rings. The van der Waals surface area contributed by atoms with Gasteiger partial charge in [0.25, 0.3) is 11.6 Å². The van der Waals surface area contributed by atoms with Crippen LogP contribution in [0.25, 0.3) is 0 Å². The molecule has 0 saturated heterocycles. The van der Waals surface area contributed by atoms with E-state index in [2.05, 4.69) is 5.32 Å². The summed E-state index contributed by atoms with van der Waals surface area (Å²) in [4.78, 5) is 22.0. The SMILES string of the molecule is O=C(NCCOc1ccccc1Cl)c1cccc([N+](=O)[O-])c1. The van der Waals surface area contributed by atoms with Crippen molar-refractivity contribution in [3.8, 4) is 5.75 Å². The highest BCUT2D eigenvalue weighted by atomic mass is 35.5. The summed E-state index contributed by atoms with van der Waals surface area (Å²) in [5.74, 6) is 0.139. The van der Waals surface area contributed by atoms with Crippen LogP contribution in [-0.2, 0) is 0 Å². The van der Waals surface area contributed by atoms with Gasteiger partial charge >= 0.3 is 0 Å². The second-order valence-electron chi connectivity index (χ2n) is 4.34. The second kappa shape index (κ2) is 7.42. The molecule has 0 unspecified atom stereocenters. The number of para-hydroxylation sites is 1. The topological polar surface area (TPSA) is 81.5 Å². The van der Waals surface area contributed by atoms with Crippen LogP contribution in [0.3, 0.4) is 0 Å². The first kappa shape index (κ1) is 15.8. The highest BCUT2D eigenvalue weighted by Gasteiger charge is 2.11. The molecular formula is C15H13ClN2O4. The predicted octanol–water partition coefficient (Wildman–Crippen LogP) is 3.06. The van der Waals surface area contributed by atoms with Crippen LogP contribution in [0, 0.1) is 10.1 Å². The van der Waals surface area contributed by atoms with Crippen LogP contribution >= 0.6 is 11.6 Å². The Bertz CT molecular complexity index is 691. The Labute approximate surface area is 131 Å². The van der Waals surface area contributed by atoms with Gasteiger partial charge in [0.05, 0.1) is 16.5 Å². The Kier molecular flexibility index (Phi) is 5.32. The van der Waals surface area contributed by atoms with Gasteiger partial charge in [-0.15, -0.1) is 0 Å². The molecule has 0 radical (unpaired) electrons. The third kappa shape index (κ3) is 4.20. The number of hydrogen-bond acceptors (Lipinski definition) is 4. The molecule has 0 aliphatic carbocycles. The third-order valence-corrected chi connectivity index (χ3v) is 3.11. The Hall–Kier alpha value is -2.60. The summed E-state index contributed by atoms with van der Waals surface area (Å²) in [6.45, 7) is 0.497. The number of nitrogens with zero attached hydrogens (tertiary/aromatic N) is 1. The van der Waals surface area contributed by atoms with Crippen LogP contribution in [0.1, 0.15) is 10.4 Å². The lowest BCUT2D eigenvalue weighted by Crippen LogP contribution is -2.28. The standard InChI is InChI=1S/C15H13ClN2O4/c16-13-6-1-2-7-14(13)22-9-8-17-15(19)11-4-3-5-12(10-11)18(20)21/h1-7,10H,8-9H2,(H,17,19). The average Bonchev–Trinajstić information content (AvgIpc) is 2.53. The number of halogens is 1. The summed E-state index contributed by atoms with van der Waals surface area (Å²) < 4.78 is 5.43. The van der Waals surface area contributed by atoms with Crippen molar-refractivity contribution in [2.24, 2.45) is 0 Å². The number of amides is 1. The number of benzene rings is 2. The largest absolute Gasteiger partial charge is 0.490 e. The maximum absolute atomic E-state index is 11.9. The normalized spacial score (nSPS) is 10.0. The van der Waals surface area contributed by atoms with Crippen molar-refractivity contribution in [3.05, 3.63) is 69.2 Å². The van der Waals surface area contributed by atoms with E-state index in [0.29, 0.717) is 10.8 Å². The number of carbonyl (C=O) groups is 1. The van der Waals surface area contributed by atoms with Crippen molar-refractivity contribution < 1.29 is 14.5 Å². The molecule has 0 aromatic heterocycles. The molecule has 1 N–H and O–H groups in total. The monoisotopic (exact) mass is 320 g/mol. The molecule has 2 aromatic rings. The number of non-ortho nitro benzene ring substituents is 1. The summed E-state index contributed by atoms with van der Waals surface area (Å²) in [6, 6.07) is 12.6. The van der Waals surface area contributed by atoms with Crippen LogP contribution in [-0.4, -0.2) is 24.0 Å². The smallest absolute Gasteiger partial charge is 0.270 e. The second-order valence-corrected chi connectivity index (χ2v) is 4.75. The van der Waals surface area contributed by atoms with Gasteiger partial charge in [0.2, 0.25) is 0 Å². The third-order valence-electron chi connectivity index (χ3n) is 2.80. The van der Waals surface area contributed by atoms with Crippen molar-refractivity contribution >= 4 is 23.2 Å². The molecule has 0 atom stereocenters. The van der Waals surface area contributed by atoms with Crippen LogP contribution in [0.4, 0.5) is 5.69 Å². The van der Waals surface area contributed by atoms with E-state index in [9.17, 15) is 14.9 Å². The molecule has 114 valence electrons. The number of nitrogens with one attached hydrogen (secondary N) is 1. The van der Waals surface area contributed by atoms with Crippen LogP contribution in [0.5, 0.6) is 5.75 Å². The first-order valence-corrected chi connectivity index (χ1v) is 6.85. The van der Waals surface area contributed by atoms with Crippen molar-refractivity contribution in [3.63, 3.8) is 0 Å². The van der Waals surface area contributed by atoms with E-state index < -0.39 is 10.8 Å². The molecule has 0 spiro atoms. The number of rotatable bonds is 6. The summed E-state index contributed by atoms with van der Waals surface area (Å²) in [5, 5.41) is 13.8. The molecule has 0 aliphatic heterocycles. The molecule has 22 heavy (non-hydrogen) atoms. The van der Waals surface area contributed by atoms with Crippen molar-refractivity contribution in [1.82, 2.24) is 5.32 Å². The van der Waals surface area contributed by atoms with E-state index in [1.807, 2.05) is 0 Å². The molecule has 0 bridgehead atoms. The van der Waals surface area contributed by atoms with E-state index >= 15 is 0 Å². The zero-order valence-electron chi connectivity index (χ0n) is 11.5. The molecule has 7 heteroatoms. The lowest BCUT2D eigenvalue weighted by Gasteiger charge is -2.08.